The quantitative estimate of drug-likeness (QED) is 0.0526. The average Bonchev–Trinajstić information content (AvgIpc) is 3.61. The van der Waals surface area contributed by atoms with Gasteiger partial charge in [-0.3, -0.25) is 44.5 Å². The molecule has 0 aliphatic carbocycles. The summed E-state index contributed by atoms with van der Waals surface area (Å²) in [7, 11) is 0. The van der Waals surface area contributed by atoms with Crippen molar-refractivity contribution in [1.29, 1.82) is 0 Å². The van der Waals surface area contributed by atoms with Crippen LogP contribution in [0.25, 0.3) is 0 Å². The van der Waals surface area contributed by atoms with Gasteiger partial charge in [0.25, 0.3) is 17.7 Å². The zero-order valence-corrected chi connectivity index (χ0v) is 28.2. The molecule has 0 bridgehead atoms. The van der Waals surface area contributed by atoms with Gasteiger partial charge < -0.3 is 24.9 Å². The number of hydrogen-bond acceptors (Lipinski definition) is 14. The van der Waals surface area contributed by atoms with Gasteiger partial charge in [0.15, 0.2) is 23.6 Å². The highest BCUT2D eigenvalue weighted by molar-refractivity contribution is 8.00. The molecule has 17 nitrogen and oxygen atoms in total. The number of amides is 5. The number of esters is 2. The molecule has 2 aliphatic rings. The normalized spacial score (nSPS) is 16.6. The van der Waals surface area contributed by atoms with Gasteiger partial charge in [0.1, 0.15) is 29.4 Å². The average molecular weight is 736 g/mol. The number of rotatable bonds is 16. The van der Waals surface area contributed by atoms with Crippen molar-refractivity contribution in [3.63, 3.8) is 0 Å². The summed E-state index contributed by atoms with van der Waals surface area (Å²) >= 11 is 2.19. The first kappa shape index (κ1) is 36.2. The molecule has 19 heteroatoms. The molecule has 5 rings (SSSR count). The van der Waals surface area contributed by atoms with Crippen LogP contribution in [0.3, 0.4) is 0 Å². The Balaban J connectivity index is 1.39. The summed E-state index contributed by atoms with van der Waals surface area (Å²) < 4.78 is 11.3. The highest BCUT2D eigenvalue weighted by Gasteiger charge is 2.55. The van der Waals surface area contributed by atoms with Gasteiger partial charge in [0.2, 0.25) is 12.8 Å². The summed E-state index contributed by atoms with van der Waals surface area (Å²) in [5.41, 5.74) is 5.06. The number of anilines is 1. The van der Waals surface area contributed by atoms with Crippen LogP contribution in [0.1, 0.15) is 29.8 Å². The highest BCUT2D eigenvalue weighted by Crippen LogP contribution is 2.41. The molecule has 264 valence electrons. The molecule has 3 heterocycles. The molecule has 1 unspecified atom stereocenters. The monoisotopic (exact) mass is 735 g/mol. The van der Waals surface area contributed by atoms with E-state index in [9.17, 15) is 33.6 Å². The van der Waals surface area contributed by atoms with Crippen molar-refractivity contribution < 1.29 is 47.9 Å². The fourth-order valence-corrected chi connectivity index (χ4v) is 6.92. The smallest absolute Gasteiger partial charge is 0.356 e. The van der Waals surface area contributed by atoms with Crippen LogP contribution in [0.15, 0.2) is 82.5 Å². The molecule has 4 N–H and O–H groups in total. The van der Waals surface area contributed by atoms with Gasteiger partial charge >= 0.3 is 11.9 Å². The van der Waals surface area contributed by atoms with Crippen molar-refractivity contribution in [1.82, 2.24) is 26.1 Å². The summed E-state index contributed by atoms with van der Waals surface area (Å²) in [6.45, 7) is 0.243. The van der Waals surface area contributed by atoms with Crippen LogP contribution >= 0.6 is 23.1 Å². The number of benzene rings is 2. The number of carbonyl (C=O) groups excluding carboxylic acids is 7. The number of carbonyl (C=O) groups is 7. The molecule has 1 fully saturated rings. The van der Waals surface area contributed by atoms with Crippen LogP contribution in [0.2, 0.25) is 0 Å². The minimum absolute atomic E-state index is 0.0473. The number of hydrazine groups is 1. The van der Waals surface area contributed by atoms with Crippen molar-refractivity contribution in [2.45, 2.75) is 24.4 Å². The Morgan fingerprint density at radius 3 is 2.35 bits per heavy atom. The Hall–Kier alpha value is -6.08. The van der Waals surface area contributed by atoms with Crippen molar-refractivity contribution in [2.75, 3.05) is 24.3 Å². The third kappa shape index (κ3) is 8.75. The lowest BCUT2D eigenvalue weighted by Gasteiger charge is -2.49. The summed E-state index contributed by atoms with van der Waals surface area (Å²) in [4.78, 5) is 96.5. The number of thioether (sulfide) groups is 1. The first-order chi connectivity index (χ1) is 24.7. The molecule has 2 aliphatic heterocycles. The van der Waals surface area contributed by atoms with Gasteiger partial charge in [-0.25, -0.2) is 9.78 Å². The van der Waals surface area contributed by atoms with Gasteiger partial charge in [-0.1, -0.05) is 65.8 Å². The lowest BCUT2D eigenvalue weighted by atomic mass is 10.0. The molecule has 2 atom stereocenters. The van der Waals surface area contributed by atoms with Crippen molar-refractivity contribution >= 4 is 76.4 Å². The van der Waals surface area contributed by atoms with Crippen LogP contribution in [0.5, 0.6) is 0 Å². The number of thiazole rings is 1. The maximum Gasteiger partial charge on any atom is 0.356 e. The third-order valence-electron chi connectivity index (χ3n) is 7.17. The van der Waals surface area contributed by atoms with E-state index in [-0.39, 0.29) is 35.3 Å². The van der Waals surface area contributed by atoms with Crippen molar-refractivity contribution in [2.24, 2.45) is 5.16 Å². The van der Waals surface area contributed by atoms with E-state index < -0.39 is 59.5 Å². The molecule has 2 aromatic carbocycles. The van der Waals surface area contributed by atoms with E-state index in [1.165, 1.54) is 29.0 Å². The summed E-state index contributed by atoms with van der Waals surface area (Å²) in [5.74, 6) is -3.66. The number of fused-ring (bicyclic) bond motifs is 1. The number of β-lactam (4-membered cyclic amide) rings is 1. The van der Waals surface area contributed by atoms with Crippen LogP contribution in [-0.4, -0.2) is 88.5 Å². The standard InChI is InChI=1S/C32H29N7O10S2/c1-18(42)47-12-21-14-50-30-25(36-28(44)24(22-15-51-32(35-22)33-16-40)38-48-13-23(43)37-34-17-41)29(45)39(30)26(21)31(46)49-27(19-8-4-2-5-9-19)20-10-6-3-7-11-20/h2-11,15-17,25,27,30H,12-14H2,1H3,(H,34,41)(H,36,44)(H,37,43)(H,33,35,40)/t25?,30-/m0/s1. The zero-order chi connectivity index (χ0) is 36.3. The fraction of sp³-hybridized carbons (Fsp3) is 0.219. The molecule has 0 radical (unpaired) electrons. The second-order valence-corrected chi connectivity index (χ2v) is 12.5. The summed E-state index contributed by atoms with van der Waals surface area (Å²) in [5, 5.41) is 9.41. The van der Waals surface area contributed by atoms with Crippen LogP contribution in [0, 0.1) is 0 Å². The predicted molar refractivity (Wildman–Crippen MR) is 181 cm³/mol. The topological polar surface area (TPSA) is 224 Å². The van der Waals surface area contributed by atoms with E-state index >= 15 is 0 Å². The number of nitrogens with one attached hydrogen (secondary N) is 4. The SMILES string of the molecule is CC(=O)OCC1=C(C(=O)OC(c2ccccc2)c2ccccc2)N2C(=O)C(NC(=O)C(=NOCC(=O)NNC=O)c3csc(NC=O)n3)[C@@H]2SC1. The van der Waals surface area contributed by atoms with E-state index in [0.717, 1.165) is 11.3 Å². The van der Waals surface area contributed by atoms with Crippen molar-refractivity contribution in [3.05, 3.63) is 94.1 Å². The van der Waals surface area contributed by atoms with Crippen LogP contribution in [-0.2, 0) is 47.9 Å². The molecular formula is C32H29N7O10S2. The number of oxime groups is 1. The minimum atomic E-state index is -1.16. The second-order valence-electron chi connectivity index (χ2n) is 10.5. The van der Waals surface area contributed by atoms with Gasteiger partial charge in [0, 0.05) is 23.6 Å². The number of aromatic nitrogens is 1. The van der Waals surface area contributed by atoms with Gasteiger partial charge in [-0.2, -0.15) is 0 Å². The Kier molecular flexibility index (Phi) is 12.1. The Bertz CT molecular complexity index is 1830. The lowest BCUT2D eigenvalue weighted by Crippen LogP contribution is -2.71. The second kappa shape index (κ2) is 17.0. The summed E-state index contributed by atoms with van der Waals surface area (Å²) in [6.07, 6.45) is -0.228. The molecule has 51 heavy (non-hydrogen) atoms. The Morgan fingerprint density at radius 1 is 1.04 bits per heavy atom. The molecular weight excluding hydrogens is 707 g/mol. The van der Waals surface area contributed by atoms with Gasteiger partial charge in [-0.05, 0) is 11.1 Å². The van der Waals surface area contributed by atoms with E-state index in [1.54, 1.807) is 48.5 Å². The zero-order valence-electron chi connectivity index (χ0n) is 26.6. The van der Waals surface area contributed by atoms with E-state index in [0.29, 0.717) is 23.1 Å². The molecule has 1 aromatic heterocycles. The van der Waals surface area contributed by atoms with Crippen LogP contribution in [0.4, 0.5) is 5.13 Å². The van der Waals surface area contributed by atoms with Crippen molar-refractivity contribution in [3.8, 4) is 0 Å². The highest BCUT2D eigenvalue weighted by atomic mass is 32.2. The number of nitrogens with zero attached hydrogens (tertiary/aromatic N) is 3. The fourth-order valence-electron chi connectivity index (χ4n) is 4.93. The van der Waals surface area contributed by atoms with E-state index in [4.69, 9.17) is 14.3 Å². The molecule has 5 amide bonds. The van der Waals surface area contributed by atoms with Crippen LogP contribution < -0.4 is 21.5 Å². The van der Waals surface area contributed by atoms with E-state index in [2.05, 4.69) is 20.8 Å². The Morgan fingerprint density at radius 2 is 1.73 bits per heavy atom. The molecule has 3 aromatic rings. The largest absolute Gasteiger partial charge is 0.461 e. The van der Waals surface area contributed by atoms with Gasteiger partial charge in [0.05, 0.1) is 0 Å². The predicted octanol–water partition coefficient (Wildman–Crippen LogP) is 0.759. The Labute approximate surface area is 297 Å². The maximum atomic E-state index is 14.0. The van der Waals surface area contributed by atoms with Gasteiger partial charge in [-0.15, -0.1) is 23.1 Å². The maximum absolute atomic E-state index is 14.0. The molecule has 1 saturated heterocycles. The minimum Gasteiger partial charge on any atom is -0.461 e. The number of hydrogen-bond donors (Lipinski definition) is 4. The third-order valence-corrected chi connectivity index (χ3v) is 9.29. The summed E-state index contributed by atoms with van der Waals surface area (Å²) in [6, 6.07) is 16.9. The molecule has 0 saturated carbocycles. The first-order valence-electron chi connectivity index (χ1n) is 15.0. The molecule has 0 spiro atoms. The number of ether oxygens (including phenoxy) is 2. The first-order valence-corrected chi connectivity index (χ1v) is 16.9. The lowest BCUT2D eigenvalue weighted by molar-refractivity contribution is -0.154. The van der Waals surface area contributed by atoms with E-state index in [1.807, 2.05) is 23.0 Å².